The summed E-state index contributed by atoms with van der Waals surface area (Å²) in [7, 11) is 1.60. The summed E-state index contributed by atoms with van der Waals surface area (Å²) >= 11 is 0. The van der Waals surface area contributed by atoms with Gasteiger partial charge in [0.15, 0.2) is 0 Å². The first-order valence-electron chi connectivity index (χ1n) is 12.7. The van der Waals surface area contributed by atoms with E-state index in [0.717, 1.165) is 17.1 Å². The van der Waals surface area contributed by atoms with E-state index in [9.17, 15) is 0 Å². The number of ether oxygens (including phenoxy) is 3. The zero-order valence-corrected chi connectivity index (χ0v) is 23.9. The molecule has 0 aliphatic rings. The minimum Gasteiger partial charge on any atom is -0.498 e. The van der Waals surface area contributed by atoms with E-state index in [2.05, 4.69) is 37.0 Å². The third kappa shape index (κ3) is 6.78. The number of methoxy groups -OCH3 is 1. The summed E-state index contributed by atoms with van der Waals surface area (Å²) in [6.45, 7) is 0. The molecule has 0 atom stereocenters. The van der Waals surface area contributed by atoms with Crippen LogP contribution in [0.2, 0.25) is 0 Å². The third-order valence-corrected chi connectivity index (χ3v) is 5.95. The molecule has 0 saturated heterocycles. The number of para-hydroxylation sites is 2. The van der Waals surface area contributed by atoms with E-state index in [1.807, 2.05) is 84.9 Å². The van der Waals surface area contributed by atoms with Crippen molar-refractivity contribution in [2.45, 2.75) is 0 Å². The first kappa shape index (κ1) is 28.4. The molecule has 0 unspecified atom stereocenters. The van der Waals surface area contributed by atoms with Gasteiger partial charge in [-0.1, -0.05) is 71.7 Å². The maximum Gasteiger partial charge on any atom is 2.00 e. The van der Waals surface area contributed by atoms with Crippen molar-refractivity contribution in [3.8, 4) is 40.4 Å². The molecule has 0 N–H and O–H groups in total. The van der Waals surface area contributed by atoms with Gasteiger partial charge in [-0.15, -0.1) is 12.1 Å². The Balaban J connectivity index is 0.00000353. The number of aromatic nitrogens is 4. The fourth-order valence-electron chi connectivity index (χ4n) is 4.12. The largest absolute Gasteiger partial charge is 2.00 e. The number of nitrogens with zero attached hydrogens (tertiary/aromatic N) is 5. The molecule has 0 spiro atoms. The molecule has 3 aromatic heterocycles. The topological polar surface area (TPSA) is 82.5 Å². The van der Waals surface area contributed by atoms with Crippen molar-refractivity contribution in [3.63, 3.8) is 0 Å². The molecule has 0 aliphatic carbocycles. The summed E-state index contributed by atoms with van der Waals surface area (Å²) in [5.41, 5.74) is 3.74. The number of hydrogen-bond acceptors (Lipinski definition) is 8. The fraction of sp³-hybridized carbons (Fsp3) is 0.0303. The van der Waals surface area contributed by atoms with Gasteiger partial charge in [0, 0.05) is 41.3 Å². The second-order valence-corrected chi connectivity index (χ2v) is 8.68. The smallest absolute Gasteiger partial charge is 0.498 e. The van der Waals surface area contributed by atoms with Crippen molar-refractivity contribution in [2.24, 2.45) is 0 Å². The van der Waals surface area contributed by atoms with E-state index in [-0.39, 0.29) is 26.3 Å². The van der Waals surface area contributed by atoms with Gasteiger partial charge in [0.1, 0.15) is 18.0 Å². The van der Waals surface area contributed by atoms with Gasteiger partial charge < -0.3 is 24.1 Å². The van der Waals surface area contributed by atoms with E-state index in [4.69, 9.17) is 14.2 Å². The number of rotatable bonds is 9. The van der Waals surface area contributed by atoms with Crippen LogP contribution in [0.4, 0.5) is 17.1 Å². The van der Waals surface area contributed by atoms with E-state index in [0.29, 0.717) is 34.5 Å². The molecule has 42 heavy (non-hydrogen) atoms. The normalized spacial score (nSPS) is 10.3. The Labute approximate surface area is 257 Å². The summed E-state index contributed by atoms with van der Waals surface area (Å²) < 4.78 is 17.6. The van der Waals surface area contributed by atoms with E-state index < -0.39 is 0 Å². The van der Waals surface area contributed by atoms with Crippen molar-refractivity contribution in [3.05, 3.63) is 134 Å². The SMILES string of the molecule is COc1ccnc(-c2[c-]c(Oc3[c-]c(Oc4ccccn4)cc(N(c4ccccc4)c4ccccc4)c3)ncn2)c1.[Pd+2]. The number of hydrogen-bond donors (Lipinski definition) is 0. The molecule has 0 fully saturated rings. The van der Waals surface area contributed by atoms with Crippen LogP contribution in [-0.2, 0) is 20.4 Å². The Bertz CT molecular complexity index is 1700. The number of anilines is 3. The summed E-state index contributed by atoms with van der Waals surface area (Å²) in [6.07, 6.45) is 4.71. The van der Waals surface area contributed by atoms with Crippen molar-refractivity contribution < 1.29 is 34.6 Å². The minimum absolute atomic E-state index is 0. The second-order valence-electron chi connectivity index (χ2n) is 8.68. The standard InChI is InChI=1S/C33H23N5O3.Pd/c1-39-27-15-17-34-30(21-27)31-22-33(37-23-36-31)41-29-19-26(18-28(20-29)40-32-14-8-9-16-35-32)38(24-10-4-2-5-11-24)25-12-6-3-7-13-25;/h2-19,21,23H,1H3;/q-2;+2. The molecule has 6 rings (SSSR count). The number of benzene rings is 3. The third-order valence-electron chi connectivity index (χ3n) is 5.95. The summed E-state index contributed by atoms with van der Waals surface area (Å²) in [5, 5.41) is 0. The summed E-state index contributed by atoms with van der Waals surface area (Å²) in [5.74, 6) is 2.06. The van der Waals surface area contributed by atoms with Crippen molar-refractivity contribution in [2.75, 3.05) is 12.0 Å². The predicted octanol–water partition coefficient (Wildman–Crippen LogP) is 7.59. The molecular formula is C33H23N5O3Pd. The monoisotopic (exact) mass is 643 g/mol. The van der Waals surface area contributed by atoms with Gasteiger partial charge in [0.25, 0.3) is 0 Å². The molecule has 3 aromatic carbocycles. The van der Waals surface area contributed by atoms with Crippen LogP contribution in [0.5, 0.6) is 29.0 Å². The van der Waals surface area contributed by atoms with Crippen LogP contribution in [0, 0.1) is 12.1 Å². The maximum absolute atomic E-state index is 6.19. The van der Waals surface area contributed by atoms with Crippen LogP contribution in [-0.4, -0.2) is 27.0 Å². The summed E-state index contributed by atoms with van der Waals surface area (Å²) in [4.78, 5) is 19.4. The van der Waals surface area contributed by atoms with Crippen LogP contribution in [0.3, 0.4) is 0 Å². The Hall–Kier alpha value is -5.10. The van der Waals surface area contributed by atoms with Gasteiger partial charge >= 0.3 is 20.4 Å². The Morgan fingerprint density at radius 1 is 0.619 bits per heavy atom. The summed E-state index contributed by atoms with van der Waals surface area (Å²) in [6, 6.07) is 39.1. The van der Waals surface area contributed by atoms with Crippen molar-refractivity contribution in [1.82, 2.24) is 19.9 Å². The molecule has 0 amide bonds. The molecule has 9 heteroatoms. The fourth-order valence-corrected chi connectivity index (χ4v) is 4.12. The second kappa shape index (κ2) is 13.5. The minimum atomic E-state index is 0. The van der Waals surface area contributed by atoms with Gasteiger partial charge in [-0.3, -0.25) is 4.98 Å². The molecule has 8 nitrogen and oxygen atoms in total. The number of pyridine rings is 2. The molecule has 0 aliphatic heterocycles. The van der Waals surface area contributed by atoms with E-state index in [1.54, 1.807) is 37.7 Å². The average molecular weight is 644 g/mol. The van der Waals surface area contributed by atoms with Gasteiger partial charge in [-0.2, -0.15) is 6.07 Å². The molecule has 6 aromatic rings. The van der Waals surface area contributed by atoms with Crippen LogP contribution in [0.15, 0.2) is 122 Å². The predicted molar refractivity (Wildman–Crippen MR) is 155 cm³/mol. The molecule has 0 bridgehead atoms. The Kier molecular flexibility index (Phi) is 9.14. The molecular weight excluding hydrogens is 621 g/mol. The zero-order chi connectivity index (χ0) is 27.9. The first-order chi connectivity index (χ1) is 20.2. The maximum atomic E-state index is 6.19. The van der Waals surface area contributed by atoms with Gasteiger partial charge in [-0.05, 0) is 36.4 Å². The van der Waals surface area contributed by atoms with Crippen LogP contribution >= 0.6 is 0 Å². The van der Waals surface area contributed by atoms with Crippen LogP contribution in [0.25, 0.3) is 11.4 Å². The molecule has 3 heterocycles. The molecule has 208 valence electrons. The molecule has 0 saturated carbocycles. The average Bonchev–Trinajstić information content (AvgIpc) is 3.03. The van der Waals surface area contributed by atoms with E-state index in [1.165, 1.54) is 6.33 Å². The van der Waals surface area contributed by atoms with Gasteiger partial charge in [0.05, 0.1) is 7.11 Å². The van der Waals surface area contributed by atoms with Crippen molar-refractivity contribution >= 4 is 17.1 Å². The van der Waals surface area contributed by atoms with Crippen LogP contribution < -0.4 is 19.1 Å². The van der Waals surface area contributed by atoms with Crippen molar-refractivity contribution in [1.29, 1.82) is 0 Å². The zero-order valence-electron chi connectivity index (χ0n) is 22.3. The van der Waals surface area contributed by atoms with Gasteiger partial charge in [-0.25, -0.2) is 9.97 Å². The van der Waals surface area contributed by atoms with E-state index >= 15 is 0 Å². The van der Waals surface area contributed by atoms with Crippen LogP contribution in [0.1, 0.15) is 0 Å². The Morgan fingerprint density at radius 2 is 1.31 bits per heavy atom. The Morgan fingerprint density at radius 3 is 1.98 bits per heavy atom. The molecule has 0 radical (unpaired) electrons. The first-order valence-corrected chi connectivity index (χ1v) is 12.7. The quantitative estimate of drug-likeness (QED) is 0.118. The van der Waals surface area contributed by atoms with Gasteiger partial charge in [0.2, 0.25) is 5.88 Å².